The summed E-state index contributed by atoms with van der Waals surface area (Å²) in [6.07, 6.45) is 2.59. The van der Waals surface area contributed by atoms with Gasteiger partial charge in [-0.25, -0.2) is 4.98 Å². The number of pyridine rings is 1. The minimum absolute atomic E-state index is 0.0191. The summed E-state index contributed by atoms with van der Waals surface area (Å²) in [4.78, 5) is 16.8. The number of hydrogen-bond donors (Lipinski definition) is 1. The van der Waals surface area contributed by atoms with Gasteiger partial charge in [0.1, 0.15) is 11.6 Å². The number of carbonyl (C=O) groups is 1. The maximum atomic E-state index is 12.4. The number of amides is 1. The second-order valence-electron chi connectivity index (χ2n) is 6.41. The van der Waals surface area contributed by atoms with E-state index in [1.54, 1.807) is 13.3 Å². The number of ether oxygens (including phenoxy) is 2. The molecule has 0 saturated carbocycles. The van der Waals surface area contributed by atoms with Crippen LogP contribution in [-0.4, -0.2) is 31.2 Å². The van der Waals surface area contributed by atoms with Gasteiger partial charge in [0, 0.05) is 12.1 Å². The normalized spacial score (nSPS) is 25.4. The fourth-order valence-corrected chi connectivity index (χ4v) is 3.84. The zero-order valence-corrected chi connectivity index (χ0v) is 13.6. The van der Waals surface area contributed by atoms with Gasteiger partial charge in [-0.15, -0.1) is 0 Å². The molecule has 1 aromatic heterocycles. The van der Waals surface area contributed by atoms with Crippen molar-refractivity contribution in [3.05, 3.63) is 53.7 Å². The number of benzene rings is 1. The van der Waals surface area contributed by atoms with Crippen LogP contribution in [-0.2, 0) is 16.0 Å². The highest BCUT2D eigenvalue weighted by molar-refractivity contribution is 5.95. The topological polar surface area (TPSA) is 60.5 Å². The lowest BCUT2D eigenvalue weighted by molar-refractivity contribution is -0.127. The Bertz CT molecular complexity index is 745. The van der Waals surface area contributed by atoms with Crippen molar-refractivity contribution in [2.75, 3.05) is 25.6 Å². The van der Waals surface area contributed by atoms with Gasteiger partial charge >= 0.3 is 0 Å². The van der Waals surface area contributed by atoms with Gasteiger partial charge in [-0.1, -0.05) is 18.2 Å². The number of fused-ring (bicyclic) bond motifs is 3. The van der Waals surface area contributed by atoms with Crippen LogP contribution >= 0.6 is 0 Å². The van der Waals surface area contributed by atoms with E-state index in [2.05, 4.69) is 28.5 Å². The molecule has 4 rings (SSSR count). The number of aromatic nitrogens is 1. The van der Waals surface area contributed by atoms with E-state index in [0.717, 1.165) is 17.7 Å². The first-order valence-electron chi connectivity index (χ1n) is 8.22. The van der Waals surface area contributed by atoms with Crippen molar-refractivity contribution in [1.82, 2.24) is 4.98 Å². The van der Waals surface area contributed by atoms with E-state index in [1.807, 2.05) is 18.2 Å². The van der Waals surface area contributed by atoms with Crippen molar-refractivity contribution < 1.29 is 14.3 Å². The van der Waals surface area contributed by atoms with Crippen molar-refractivity contribution in [2.45, 2.75) is 12.3 Å². The summed E-state index contributed by atoms with van der Waals surface area (Å²) < 4.78 is 11.0. The van der Waals surface area contributed by atoms with E-state index in [-0.39, 0.29) is 23.7 Å². The van der Waals surface area contributed by atoms with E-state index < -0.39 is 0 Å². The maximum Gasteiger partial charge on any atom is 0.231 e. The van der Waals surface area contributed by atoms with Crippen LogP contribution in [0.3, 0.4) is 0 Å². The van der Waals surface area contributed by atoms with Gasteiger partial charge in [-0.3, -0.25) is 4.79 Å². The lowest BCUT2D eigenvalue weighted by Crippen LogP contribution is -2.45. The summed E-state index contributed by atoms with van der Waals surface area (Å²) in [6.45, 7) is 1.14. The van der Waals surface area contributed by atoms with E-state index in [0.29, 0.717) is 19.0 Å². The molecule has 5 heteroatoms. The van der Waals surface area contributed by atoms with Crippen LogP contribution in [0.15, 0.2) is 42.6 Å². The number of nitrogens with zero attached hydrogens (tertiary/aromatic N) is 1. The molecule has 124 valence electrons. The molecule has 0 radical (unpaired) electrons. The Kier molecular flexibility index (Phi) is 3.94. The van der Waals surface area contributed by atoms with E-state index >= 15 is 0 Å². The summed E-state index contributed by atoms with van der Waals surface area (Å²) in [5.74, 6) is 1.84. The van der Waals surface area contributed by atoms with Crippen LogP contribution in [0.25, 0.3) is 0 Å². The third kappa shape index (κ3) is 2.65. The number of nitrogens with one attached hydrogen (secondary N) is 1. The predicted molar refractivity (Wildman–Crippen MR) is 90.1 cm³/mol. The van der Waals surface area contributed by atoms with Crippen LogP contribution < -0.4 is 10.1 Å². The number of rotatable bonds is 3. The first-order chi connectivity index (χ1) is 11.8. The van der Waals surface area contributed by atoms with Gasteiger partial charge in [0.2, 0.25) is 5.91 Å². The van der Waals surface area contributed by atoms with Gasteiger partial charge < -0.3 is 14.8 Å². The smallest absolute Gasteiger partial charge is 0.231 e. The molecule has 3 unspecified atom stereocenters. The molecule has 2 aromatic rings. The quantitative estimate of drug-likeness (QED) is 0.943. The Hall–Kier alpha value is -2.40. The molecule has 2 aliphatic heterocycles. The standard InChI is InChI=1S/C19H20N2O3/c1-23-14-6-4-12(5-7-14)9-13-10-24-11-16-17(13)15-3-2-8-20-18(15)21-19(16)22/h2-8,13,16-17H,9-11H2,1H3,(H,20,21,22). The Morgan fingerprint density at radius 2 is 2.08 bits per heavy atom. The molecule has 1 amide bonds. The molecule has 5 nitrogen and oxygen atoms in total. The highest BCUT2D eigenvalue weighted by atomic mass is 16.5. The number of hydrogen-bond acceptors (Lipinski definition) is 4. The summed E-state index contributed by atoms with van der Waals surface area (Å²) in [6, 6.07) is 12.1. The van der Waals surface area contributed by atoms with Crippen LogP contribution in [0.5, 0.6) is 5.75 Å². The van der Waals surface area contributed by atoms with Crippen molar-refractivity contribution in [2.24, 2.45) is 11.8 Å². The molecule has 3 heterocycles. The minimum Gasteiger partial charge on any atom is -0.497 e. The number of methoxy groups -OCH3 is 1. The highest BCUT2D eigenvalue weighted by Crippen LogP contribution is 2.43. The SMILES string of the molecule is COc1ccc(CC2COCC3C(=O)Nc4ncccc4C23)cc1. The zero-order valence-electron chi connectivity index (χ0n) is 13.6. The molecular formula is C19H20N2O3. The molecule has 3 atom stereocenters. The molecule has 2 aliphatic rings. The third-order valence-electron chi connectivity index (χ3n) is 5.00. The second kappa shape index (κ2) is 6.24. The van der Waals surface area contributed by atoms with Gasteiger partial charge in [0.15, 0.2) is 0 Å². The molecule has 0 bridgehead atoms. The lowest BCUT2D eigenvalue weighted by atomic mass is 9.71. The Morgan fingerprint density at radius 3 is 2.88 bits per heavy atom. The van der Waals surface area contributed by atoms with Crippen LogP contribution in [0.4, 0.5) is 5.82 Å². The fourth-order valence-electron chi connectivity index (χ4n) is 3.84. The zero-order chi connectivity index (χ0) is 16.5. The summed E-state index contributed by atoms with van der Waals surface area (Å²) in [5.41, 5.74) is 2.35. The molecule has 1 fully saturated rings. The predicted octanol–water partition coefficient (Wildman–Crippen LogP) is 2.63. The van der Waals surface area contributed by atoms with Gasteiger partial charge in [0.05, 0.1) is 26.2 Å². The maximum absolute atomic E-state index is 12.4. The second-order valence-corrected chi connectivity index (χ2v) is 6.41. The first-order valence-corrected chi connectivity index (χ1v) is 8.22. The van der Waals surface area contributed by atoms with Crippen molar-refractivity contribution in [3.63, 3.8) is 0 Å². The molecule has 1 saturated heterocycles. The molecule has 0 spiro atoms. The van der Waals surface area contributed by atoms with Crippen molar-refractivity contribution in [1.29, 1.82) is 0 Å². The lowest BCUT2D eigenvalue weighted by Gasteiger charge is -2.41. The van der Waals surface area contributed by atoms with Gasteiger partial charge in [-0.05, 0) is 41.7 Å². The molecule has 1 N–H and O–H groups in total. The molecule has 24 heavy (non-hydrogen) atoms. The summed E-state index contributed by atoms with van der Waals surface area (Å²) in [5, 5.41) is 2.91. The average molecular weight is 324 g/mol. The van der Waals surface area contributed by atoms with Crippen molar-refractivity contribution in [3.8, 4) is 5.75 Å². The average Bonchev–Trinajstić information content (AvgIpc) is 2.63. The monoisotopic (exact) mass is 324 g/mol. The third-order valence-corrected chi connectivity index (χ3v) is 5.00. The Labute approximate surface area is 141 Å². The first kappa shape index (κ1) is 15.1. The number of anilines is 1. The largest absolute Gasteiger partial charge is 0.497 e. The fraction of sp³-hybridized carbons (Fsp3) is 0.368. The van der Waals surface area contributed by atoms with Crippen molar-refractivity contribution >= 4 is 11.7 Å². The van der Waals surface area contributed by atoms with E-state index in [9.17, 15) is 4.79 Å². The molecular weight excluding hydrogens is 304 g/mol. The van der Waals surface area contributed by atoms with Gasteiger partial charge in [-0.2, -0.15) is 0 Å². The van der Waals surface area contributed by atoms with Crippen LogP contribution in [0.1, 0.15) is 17.0 Å². The van der Waals surface area contributed by atoms with E-state index in [1.165, 1.54) is 5.56 Å². The van der Waals surface area contributed by atoms with Gasteiger partial charge in [0.25, 0.3) is 0 Å². The van der Waals surface area contributed by atoms with Crippen LogP contribution in [0, 0.1) is 11.8 Å². The van der Waals surface area contributed by atoms with Crippen LogP contribution in [0.2, 0.25) is 0 Å². The molecule has 0 aliphatic carbocycles. The Balaban J connectivity index is 1.64. The highest BCUT2D eigenvalue weighted by Gasteiger charge is 2.43. The summed E-state index contributed by atoms with van der Waals surface area (Å²) >= 11 is 0. The Morgan fingerprint density at radius 1 is 1.25 bits per heavy atom. The summed E-state index contributed by atoms with van der Waals surface area (Å²) in [7, 11) is 1.67. The number of carbonyl (C=O) groups excluding carboxylic acids is 1. The van der Waals surface area contributed by atoms with E-state index in [4.69, 9.17) is 9.47 Å². The molecule has 1 aromatic carbocycles. The minimum atomic E-state index is -0.140.